The number of carbonyl (C=O) groups excluding carboxylic acids is 1. The van der Waals surface area contributed by atoms with Crippen molar-refractivity contribution in [1.82, 2.24) is 0 Å². The highest BCUT2D eigenvalue weighted by atomic mass is 35.7. The van der Waals surface area contributed by atoms with Crippen molar-refractivity contribution >= 4 is 37.3 Å². The number of ether oxygens (including phenoxy) is 1. The van der Waals surface area contributed by atoms with E-state index in [1.165, 1.54) is 0 Å². The average molecular weight is 361 g/mol. The normalized spacial score (nSPS) is 13.0. The predicted octanol–water partition coefficient (Wildman–Crippen LogP) is 3.89. The van der Waals surface area contributed by atoms with Gasteiger partial charge in [0, 0.05) is 10.7 Å². The van der Waals surface area contributed by atoms with Gasteiger partial charge in [-0.2, -0.15) is 0 Å². The summed E-state index contributed by atoms with van der Waals surface area (Å²) in [6.07, 6.45) is 0.803. The van der Waals surface area contributed by atoms with E-state index in [1.54, 1.807) is 6.92 Å². The average Bonchev–Trinajstić information content (AvgIpc) is 2.32. The van der Waals surface area contributed by atoms with Crippen molar-refractivity contribution < 1.29 is 26.7 Å². The zero-order valence-electron chi connectivity index (χ0n) is 11.1. The van der Waals surface area contributed by atoms with Crippen molar-refractivity contribution in [2.75, 3.05) is 0 Å². The molecule has 1 atom stereocenters. The maximum absolute atomic E-state index is 13.5. The van der Waals surface area contributed by atoms with Crippen LogP contribution in [0.1, 0.15) is 37.0 Å². The van der Waals surface area contributed by atoms with Gasteiger partial charge in [0.1, 0.15) is 4.90 Å². The van der Waals surface area contributed by atoms with Gasteiger partial charge in [0.15, 0.2) is 11.6 Å². The van der Waals surface area contributed by atoms with Gasteiger partial charge in [-0.25, -0.2) is 22.0 Å². The third-order valence-corrected chi connectivity index (χ3v) is 4.42. The van der Waals surface area contributed by atoms with Crippen LogP contribution in [0.4, 0.5) is 8.78 Å². The molecule has 1 aromatic rings. The van der Waals surface area contributed by atoms with Crippen LogP contribution in [0.25, 0.3) is 0 Å². The van der Waals surface area contributed by atoms with Gasteiger partial charge in [-0.1, -0.05) is 24.9 Å². The third kappa shape index (κ3) is 4.28. The van der Waals surface area contributed by atoms with E-state index in [4.69, 9.17) is 27.0 Å². The van der Waals surface area contributed by atoms with Gasteiger partial charge in [0.25, 0.3) is 9.05 Å². The molecular weight excluding hydrogens is 349 g/mol. The highest BCUT2D eigenvalue weighted by Crippen LogP contribution is 2.33. The summed E-state index contributed by atoms with van der Waals surface area (Å²) in [5.41, 5.74) is -0.599. The number of hydrogen-bond acceptors (Lipinski definition) is 4. The SMILES string of the molecule is CCCC(C)OC(=O)c1cc(F)c(F)c(S(=O)(=O)Cl)c1Cl. The molecule has 9 heteroatoms. The first kappa shape index (κ1) is 18.1. The van der Waals surface area contributed by atoms with Crippen molar-refractivity contribution in [1.29, 1.82) is 0 Å². The largest absolute Gasteiger partial charge is 0.459 e. The lowest BCUT2D eigenvalue weighted by molar-refractivity contribution is 0.0322. The molecule has 1 rings (SSSR count). The van der Waals surface area contributed by atoms with Gasteiger partial charge in [-0.3, -0.25) is 0 Å². The molecule has 0 aromatic heterocycles. The van der Waals surface area contributed by atoms with Crippen molar-refractivity contribution in [3.8, 4) is 0 Å². The van der Waals surface area contributed by atoms with Crippen LogP contribution in [0, 0.1) is 11.6 Å². The zero-order valence-corrected chi connectivity index (χ0v) is 13.5. The smallest absolute Gasteiger partial charge is 0.340 e. The van der Waals surface area contributed by atoms with Gasteiger partial charge in [0.2, 0.25) is 0 Å². The van der Waals surface area contributed by atoms with Crippen LogP contribution in [0.5, 0.6) is 0 Å². The summed E-state index contributed by atoms with van der Waals surface area (Å²) in [5.74, 6) is -4.36. The fraction of sp³-hybridized carbons (Fsp3) is 0.417. The molecule has 0 saturated carbocycles. The maximum atomic E-state index is 13.5. The molecule has 1 unspecified atom stereocenters. The summed E-state index contributed by atoms with van der Waals surface area (Å²) in [6, 6.07) is 0.476. The fourth-order valence-electron chi connectivity index (χ4n) is 1.65. The van der Waals surface area contributed by atoms with Gasteiger partial charge < -0.3 is 4.74 Å². The number of halogens is 4. The van der Waals surface area contributed by atoms with Crippen molar-refractivity contribution in [2.45, 2.75) is 37.7 Å². The number of carbonyl (C=O) groups is 1. The van der Waals surface area contributed by atoms with Crippen molar-refractivity contribution in [2.24, 2.45) is 0 Å². The quantitative estimate of drug-likeness (QED) is 0.454. The second-order valence-electron chi connectivity index (χ2n) is 4.31. The molecule has 0 amide bonds. The summed E-state index contributed by atoms with van der Waals surface area (Å²) in [7, 11) is 0.338. The first-order valence-corrected chi connectivity index (χ1v) is 8.61. The first-order chi connectivity index (χ1) is 9.59. The Bertz CT molecular complexity index is 662. The molecule has 0 saturated heterocycles. The highest BCUT2D eigenvalue weighted by molar-refractivity contribution is 8.13. The lowest BCUT2D eigenvalue weighted by Crippen LogP contribution is -2.16. The minimum atomic E-state index is -4.66. The zero-order chi connectivity index (χ0) is 16.4. The Kier molecular flexibility index (Phi) is 5.95. The Morgan fingerprint density at radius 3 is 2.48 bits per heavy atom. The molecule has 118 valence electrons. The van der Waals surface area contributed by atoms with E-state index in [0.717, 1.165) is 6.42 Å². The number of rotatable bonds is 5. The van der Waals surface area contributed by atoms with Crippen LogP contribution in [0.3, 0.4) is 0 Å². The van der Waals surface area contributed by atoms with E-state index < -0.39 is 48.2 Å². The van der Waals surface area contributed by atoms with Gasteiger partial charge in [-0.15, -0.1) is 0 Å². The van der Waals surface area contributed by atoms with Gasteiger partial charge >= 0.3 is 5.97 Å². The van der Waals surface area contributed by atoms with Crippen LogP contribution < -0.4 is 0 Å². The molecule has 4 nitrogen and oxygen atoms in total. The molecule has 1 aromatic carbocycles. The standard InChI is InChI=1S/C12H12Cl2F2O4S/c1-3-4-6(2)20-12(17)7-5-8(15)10(16)11(9(7)13)21(14,18)19/h5-6H,3-4H2,1-2H3. The van der Waals surface area contributed by atoms with Crippen LogP contribution in [-0.2, 0) is 13.8 Å². The summed E-state index contributed by atoms with van der Waals surface area (Å²) in [4.78, 5) is 10.6. The Morgan fingerprint density at radius 2 is 2.00 bits per heavy atom. The van der Waals surface area contributed by atoms with Crippen molar-refractivity contribution in [3.63, 3.8) is 0 Å². The summed E-state index contributed by atoms with van der Waals surface area (Å²) in [6.45, 7) is 3.47. The molecule has 0 aliphatic heterocycles. The number of esters is 1. The molecule has 0 bridgehead atoms. The Morgan fingerprint density at radius 1 is 1.43 bits per heavy atom. The third-order valence-electron chi connectivity index (χ3n) is 2.58. The molecule has 0 N–H and O–H groups in total. The molecule has 0 fully saturated rings. The lowest BCUT2D eigenvalue weighted by Gasteiger charge is -2.14. The maximum Gasteiger partial charge on any atom is 0.340 e. The summed E-state index contributed by atoms with van der Waals surface area (Å²) in [5, 5.41) is -0.808. The number of hydrogen-bond donors (Lipinski definition) is 0. The second kappa shape index (κ2) is 6.89. The lowest BCUT2D eigenvalue weighted by atomic mass is 10.2. The van der Waals surface area contributed by atoms with E-state index in [0.29, 0.717) is 12.5 Å². The summed E-state index contributed by atoms with van der Waals surface area (Å²) < 4.78 is 54.4. The van der Waals surface area contributed by atoms with E-state index in [-0.39, 0.29) is 0 Å². The minimum absolute atomic E-state index is 0.476. The minimum Gasteiger partial charge on any atom is -0.459 e. The molecule has 0 radical (unpaired) electrons. The molecule has 0 aliphatic rings. The molecule has 0 heterocycles. The topological polar surface area (TPSA) is 60.4 Å². The molecule has 0 spiro atoms. The Labute approximate surface area is 130 Å². The van der Waals surface area contributed by atoms with E-state index in [9.17, 15) is 22.0 Å². The van der Waals surface area contributed by atoms with Crippen LogP contribution in [0.15, 0.2) is 11.0 Å². The second-order valence-corrected chi connectivity index (χ2v) is 7.19. The molecule has 0 aliphatic carbocycles. The molecule has 21 heavy (non-hydrogen) atoms. The van der Waals surface area contributed by atoms with E-state index >= 15 is 0 Å². The summed E-state index contributed by atoms with van der Waals surface area (Å²) >= 11 is 5.65. The van der Waals surface area contributed by atoms with E-state index in [1.807, 2.05) is 6.92 Å². The first-order valence-electron chi connectivity index (χ1n) is 5.92. The van der Waals surface area contributed by atoms with Gasteiger partial charge in [-0.05, 0) is 19.4 Å². The monoisotopic (exact) mass is 360 g/mol. The van der Waals surface area contributed by atoms with Crippen LogP contribution in [-0.4, -0.2) is 20.5 Å². The molecular formula is C12H12Cl2F2O4S. The van der Waals surface area contributed by atoms with Crippen LogP contribution in [0.2, 0.25) is 5.02 Å². The highest BCUT2D eigenvalue weighted by Gasteiger charge is 2.29. The predicted molar refractivity (Wildman–Crippen MR) is 74.2 cm³/mol. The Hall–Kier alpha value is -0.920. The van der Waals surface area contributed by atoms with E-state index in [2.05, 4.69) is 0 Å². The number of benzene rings is 1. The fourth-order valence-corrected chi connectivity index (χ4v) is 3.36. The van der Waals surface area contributed by atoms with Gasteiger partial charge in [0.05, 0.1) is 16.7 Å². The van der Waals surface area contributed by atoms with Crippen LogP contribution >= 0.6 is 22.3 Å². The van der Waals surface area contributed by atoms with Crippen molar-refractivity contribution in [3.05, 3.63) is 28.3 Å². The Balaban J connectivity index is 3.33.